The first-order valence-corrected chi connectivity index (χ1v) is 7.99. The Kier molecular flexibility index (Phi) is 5.31. The van der Waals surface area contributed by atoms with Crippen molar-refractivity contribution in [1.82, 2.24) is 19.9 Å². The van der Waals surface area contributed by atoms with Gasteiger partial charge in [0.15, 0.2) is 0 Å². The molecule has 1 N–H and O–H groups in total. The lowest BCUT2D eigenvalue weighted by Crippen LogP contribution is -2.14. The molecule has 0 bridgehead atoms. The summed E-state index contributed by atoms with van der Waals surface area (Å²) in [4.78, 5) is 9.87. The molecule has 20 heavy (non-hydrogen) atoms. The SMILES string of the molecule is CC(C)(C)c1ncc(CNCCCCn2ccnc2)s1. The van der Waals surface area contributed by atoms with Crippen molar-refractivity contribution in [2.24, 2.45) is 0 Å². The molecule has 2 heterocycles. The number of unbranched alkanes of at least 4 members (excludes halogenated alkanes) is 1. The van der Waals surface area contributed by atoms with Crippen molar-refractivity contribution < 1.29 is 0 Å². The fourth-order valence-corrected chi connectivity index (χ4v) is 2.85. The Morgan fingerprint density at radius 3 is 2.80 bits per heavy atom. The van der Waals surface area contributed by atoms with Gasteiger partial charge >= 0.3 is 0 Å². The predicted octanol–water partition coefficient (Wildman–Crippen LogP) is 3.21. The van der Waals surface area contributed by atoms with Crippen LogP contribution in [0.25, 0.3) is 0 Å². The van der Waals surface area contributed by atoms with Crippen LogP contribution in [0.15, 0.2) is 24.9 Å². The van der Waals surface area contributed by atoms with Crippen LogP contribution in [0.3, 0.4) is 0 Å². The Bertz CT molecular complexity index is 496. The third-order valence-corrected chi connectivity index (χ3v) is 4.50. The first-order valence-electron chi connectivity index (χ1n) is 7.17. The molecule has 0 atom stereocenters. The van der Waals surface area contributed by atoms with Gasteiger partial charge in [-0.1, -0.05) is 20.8 Å². The van der Waals surface area contributed by atoms with E-state index in [1.165, 1.54) is 22.7 Å². The quantitative estimate of drug-likeness (QED) is 0.797. The lowest BCUT2D eigenvalue weighted by molar-refractivity contribution is 0.569. The molecule has 2 rings (SSSR count). The number of thiazole rings is 1. The average Bonchev–Trinajstić information content (AvgIpc) is 3.04. The summed E-state index contributed by atoms with van der Waals surface area (Å²) in [5, 5.41) is 4.71. The Morgan fingerprint density at radius 1 is 1.30 bits per heavy atom. The molecule has 110 valence electrons. The van der Waals surface area contributed by atoms with Crippen LogP contribution in [0.1, 0.15) is 43.5 Å². The van der Waals surface area contributed by atoms with E-state index in [1.54, 1.807) is 0 Å². The van der Waals surface area contributed by atoms with Crippen LogP contribution in [-0.2, 0) is 18.5 Å². The van der Waals surface area contributed by atoms with Crippen molar-refractivity contribution in [3.63, 3.8) is 0 Å². The Morgan fingerprint density at radius 2 is 2.15 bits per heavy atom. The molecule has 0 aromatic carbocycles. The van der Waals surface area contributed by atoms with E-state index in [1.807, 2.05) is 36.3 Å². The second kappa shape index (κ2) is 6.99. The van der Waals surface area contributed by atoms with Gasteiger partial charge in [-0.15, -0.1) is 11.3 Å². The van der Waals surface area contributed by atoms with Crippen molar-refractivity contribution >= 4 is 11.3 Å². The molecule has 0 saturated heterocycles. The fourth-order valence-electron chi connectivity index (χ4n) is 1.91. The minimum Gasteiger partial charge on any atom is -0.337 e. The van der Waals surface area contributed by atoms with E-state index in [2.05, 4.69) is 40.6 Å². The van der Waals surface area contributed by atoms with Gasteiger partial charge in [0.2, 0.25) is 0 Å². The topological polar surface area (TPSA) is 42.7 Å². The van der Waals surface area contributed by atoms with E-state index >= 15 is 0 Å². The number of aryl methyl sites for hydroxylation is 1. The fraction of sp³-hybridized carbons (Fsp3) is 0.600. The molecular formula is C15H24N4S. The summed E-state index contributed by atoms with van der Waals surface area (Å²) in [5.41, 5.74) is 0.160. The van der Waals surface area contributed by atoms with E-state index in [0.717, 1.165) is 19.6 Å². The second-order valence-electron chi connectivity index (χ2n) is 6.07. The van der Waals surface area contributed by atoms with Gasteiger partial charge in [-0.05, 0) is 19.4 Å². The maximum absolute atomic E-state index is 4.50. The van der Waals surface area contributed by atoms with Crippen LogP contribution in [0.2, 0.25) is 0 Å². The van der Waals surface area contributed by atoms with Gasteiger partial charge in [-0.2, -0.15) is 0 Å². The zero-order valence-corrected chi connectivity index (χ0v) is 13.4. The van der Waals surface area contributed by atoms with E-state index in [-0.39, 0.29) is 5.41 Å². The summed E-state index contributed by atoms with van der Waals surface area (Å²) in [6.45, 7) is 9.66. The molecule has 0 spiro atoms. The largest absolute Gasteiger partial charge is 0.337 e. The average molecular weight is 292 g/mol. The smallest absolute Gasteiger partial charge is 0.0981 e. The van der Waals surface area contributed by atoms with E-state index in [0.29, 0.717) is 0 Å². The highest BCUT2D eigenvalue weighted by Gasteiger charge is 2.17. The van der Waals surface area contributed by atoms with Crippen molar-refractivity contribution in [2.75, 3.05) is 6.54 Å². The van der Waals surface area contributed by atoms with Crippen molar-refractivity contribution in [2.45, 2.75) is 52.1 Å². The first-order chi connectivity index (χ1) is 9.55. The lowest BCUT2D eigenvalue weighted by atomic mass is 9.98. The molecule has 2 aromatic rings. The molecule has 0 aliphatic carbocycles. The van der Waals surface area contributed by atoms with Crippen LogP contribution in [0.5, 0.6) is 0 Å². The lowest BCUT2D eigenvalue weighted by Gasteiger charge is -2.13. The molecule has 0 unspecified atom stereocenters. The van der Waals surface area contributed by atoms with Gasteiger partial charge in [-0.3, -0.25) is 0 Å². The molecule has 2 aromatic heterocycles. The third kappa shape index (κ3) is 4.72. The normalized spacial score (nSPS) is 11.9. The third-order valence-electron chi connectivity index (χ3n) is 3.07. The highest BCUT2D eigenvalue weighted by molar-refractivity contribution is 7.11. The standard InChI is InChI=1S/C15H24N4S/c1-15(2,3)14-18-11-13(20-14)10-16-6-4-5-8-19-9-7-17-12-19/h7,9,11-12,16H,4-6,8,10H2,1-3H3. The molecule has 0 amide bonds. The number of nitrogens with zero attached hydrogens (tertiary/aromatic N) is 3. The van der Waals surface area contributed by atoms with Gasteiger partial charge in [0.25, 0.3) is 0 Å². The predicted molar refractivity (Wildman–Crippen MR) is 84.0 cm³/mol. The number of hydrogen-bond donors (Lipinski definition) is 1. The maximum Gasteiger partial charge on any atom is 0.0981 e. The van der Waals surface area contributed by atoms with Crippen molar-refractivity contribution in [3.8, 4) is 0 Å². The summed E-state index contributed by atoms with van der Waals surface area (Å²) < 4.78 is 2.12. The highest BCUT2D eigenvalue weighted by atomic mass is 32.1. The van der Waals surface area contributed by atoms with Crippen LogP contribution in [0, 0.1) is 0 Å². The summed E-state index contributed by atoms with van der Waals surface area (Å²) >= 11 is 1.82. The van der Waals surface area contributed by atoms with Crippen molar-refractivity contribution in [3.05, 3.63) is 34.8 Å². The van der Waals surface area contributed by atoms with Crippen molar-refractivity contribution in [1.29, 1.82) is 0 Å². The Labute approximate surface area is 125 Å². The van der Waals surface area contributed by atoms with E-state index in [9.17, 15) is 0 Å². The monoisotopic (exact) mass is 292 g/mol. The molecule has 4 nitrogen and oxygen atoms in total. The molecule has 0 radical (unpaired) electrons. The van der Waals surface area contributed by atoms with E-state index < -0.39 is 0 Å². The molecule has 0 saturated carbocycles. The Balaban J connectivity index is 1.60. The minimum absolute atomic E-state index is 0.160. The molecule has 5 heteroatoms. The number of nitrogens with one attached hydrogen (secondary N) is 1. The highest BCUT2D eigenvalue weighted by Crippen LogP contribution is 2.26. The van der Waals surface area contributed by atoms with Gasteiger partial charge in [0.1, 0.15) is 0 Å². The molecule has 0 aliphatic heterocycles. The van der Waals surface area contributed by atoms with Crippen LogP contribution in [0.4, 0.5) is 0 Å². The maximum atomic E-state index is 4.50. The minimum atomic E-state index is 0.160. The van der Waals surface area contributed by atoms with Crippen LogP contribution in [-0.4, -0.2) is 21.1 Å². The first kappa shape index (κ1) is 15.2. The molecule has 0 fully saturated rings. The van der Waals surface area contributed by atoms with Gasteiger partial charge < -0.3 is 9.88 Å². The second-order valence-corrected chi connectivity index (χ2v) is 7.18. The van der Waals surface area contributed by atoms with Gasteiger partial charge in [0.05, 0.1) is 11.3 Å². The zero-order chi connectivity index (χ0) is 14.4. The van der Waals surface area contributed by atoms with E-state index in [4.69, 9.17) is 0 Å². The summed E-state index contributed by atoms with van der Waals surface area (Å²) in [7, 11) is 0. The molecule has 0 aliphatic rings. The summed E-state index contributed by atoms with van der Waals surface area (Å²) in [6.07, 6.45) is 10.1. The number of aromatic nitrogens is 3. The van der Waals surface area contributed by atoms with Gasteiger partial charge in [-0.25, -0.2) is 9.97 Å². The molecular weight excluding hydrogens is 268 g/mol. The number of hydrogen-bond acceptors (Lipinski definition) is 4. The summed E-state index contributed by atoms with van der Waals surface area (Å²) in [5.74, 6) is 0. The zero-order valence-electron chi connectivity index (χ0n) is 12.6. The van der Waals surface area contributed by atoms with Gasteiger partial charge in [0, 0.05) is 42.0 Å². The summed E-state index contributed by atoms with van der Waals surface area (Å²) in [6, 6.07) is 0. The van der Waals surface area contributed by atoms with Crippen LogP contribution >= 0.6 is 11.3 Å². The van der Waals surface area contributed by atoms with Crippen LogP contribution < -0.4 is 5.32 Å². The number of imidazole rings is 1. The number of rotatable bonds is 7. The Hall–Kier alpha value is -1.20.